The van der Waals surface area contributed by atoms with E-state index in [1.807, 2.05) is 7.05 Å². The van der Waals surface area contributed by atoms with E-state index in [4.69, 9.17) is 4.74 Å². The zero-order valence-corrected chi connectivity index (χ0v) is 27.9. The first-order valence-electron chi connectivity index (χ1n) is 15.9. The fraction of sp³-hybridized carbons (Fsp3) is 0.382. The summed E-state index contributed by atoms with van der Waals surface area (Å²) in [5, 5.41) is 10.0. The Hall–Kier alpha value is -5.31. The fourth-order valence-electron chi connectivity index (χ4n) is 7.26. The molecule has 3 N–H and O–H groups in total. The first kappa shape index (κ1) is 32.2. The number of hydrogen-bond acceptors (Lipinski definition) is 9. The molecule has 13 nitrogen and oxygen atoms in total. The monoisotopic (exact) mass is 674 g/mol. The topological polar surface area (TPSA) is 149 Å². The summed E-state index contributed by atoms with van der Waals surface area (Å²) in [5.41, 5.74) is 3.06. The molecular formula is C34H36F2N8O5. The van der Waals surface area contributed by atoms with Crippen LogP contribution in [0.4, 0.5) is 25.0 Å². The molecule has 49 heavy (non-hydrogen) atoms. The van der Waals surface area contributed by atoms with Gasteiger partial charge < -0.3 is 30.1 Å². The van der Waals surface area contributed by atoms with E-state index in [1.54, 1.807) is 46.3 Å². The van der Waals surface area contributed by atoms with E-state index < -0.39 is 40.3 Å². The minimum Gasteiger partial charge on any atom is -0.477 e. The maximum absolute atomic E-state index is 16.2. The van der Waals surface area contributed by atoms with Crippen molar-refractivity contribution in [3.63, 3.8) is 0 Å². The zero-order valence-electron chi connectivity index (χ0n) is 27.9. The van der Waals surface area contributed by atoms with Gasteiger partial charge in [0.2, 0.25) is 5.43 Å². The molecule has 15 heteroatoms. The number of benzene rings is 1. The lowest BCUT2D eigenvalue weighted by Gasteiger charge is -2.29. The Bertz CT molecular complexity index is 2260. The number of nitrogens with one attached hydrogen (secondary N) is 2. The van der Waals surface area contributed by atoms with Crippen LogP contribution in [0.15, 0.2) is 35.5 Å². The van der Waals surface area contributed by atoms with Gasteiger partial charge in [-0.3, -0.25) is 9.69 Å². The van der Waals surface area contributed by atoms with E-state index >= 15 is 8.78 Å². The summed E-state index contributed by atoms with van der Waals surface area (Å²) in [6, 6.07) is 2.56. The van der Waals surface area contributed by atoms with Gasteiger partial charge in [-0.1, -0.05) is 0 Å². The molecule has 256 valence electrons. The molecule has 1 aromatic carbocycles. The first-order chi connectivity index (χ1) is 23.2. The number of fused-ring (bicyclic) bond motifs is 5. The van der Waals surface area contributed by atoms with Crippen LogP contribution in [0.2, 0.25) is 0 Å². The van der Waals surface area contributed by atoms with Crippen molar-refractivity contribution in [2.24, 2.45) is 5.92 Å². The van der Waals surface area contributed by atoms with E-state index in [0.717, 1.165) is 30.5 Å². The van der Waals surface area contributed by atoms with Gasteiger partial charge in [0.1, 0.15) is 16.8 Å². The van der Waals surface area contributed by atoms with Crippen LogP contribution in [0.1, 0.15) is 37.6 Å². The van der Waals surface area contributed by atoms with Crippen molar-refractivity contribution in [2.75, 3.05) is 56.0 Å². The second-order valence-corrected chi connectivity index (χ2v) is 13.7. The number of ether oxygens (including phenoxy) is 1. The number of anilines is 2. The quantitative estimate of drug-likeness (QED) is 0.238. The highest BCUT2D eigenvalue weighted by molar-refractivity contribution is 6.19. The SMILES string of the molecule is CNn1cc(C(=O)O)c(=O)c2cc(-c3cnc4[nH]c5c(N(C)C(=O)OC(C)(C)C)cc(F)c(F)c5c4c3N3CC[C@H]4CN(C)C[C@H]43)cnc21. The van der Waals surface area contributed by atoms with Crippen molar-refractivity contribution in [2.45, 2.75) is 38.8 Å². The molecular weight excluding hydrogens is 638 g/mol. The number of halogens is 2. The van der Waals surface area contributed by atoms with E-state index in [1.165, 1.54) is 17.9 Å². The smallest absolute Gasteiger partial charge is 0.414 e. The van der Waals surface area contributed by atoms with Gasteiger partial charge in [0, 0.05) is 75.6 Å². The lowest BCUT2D eigenvalue weighted by molar-refractivity contribution is 0.0588. The molecule has 2 aliphatic heterocycles. The minimum absolute atomic E-state index is 0.0494. The number of aromatic nitrogens is 4. The predicted octanol–water partition coefficient (Wildman–Crippen LogP) is 4.75. The minimum atomic E-state index is -1.39. The lowest BCUT2D eigenvalue weighted by Crippen LogP contribution is -2.35. The number of H-pyrrole nitrogens is 1. The third-order valence-corrected chi connectivity index (χ3v) is 9.41. The third kappa shape index (κ3) is 5.19. The average Bonchev–Trinajstić information content (AvgIpc) is 3.73. The van der Waals surface area contributed by atoms with Crippen LogP contribution in [0, 0.1) is 17.6 Å². The zero-order chi connectivity index (χ0) is 35.1. The Balaban J connectivity index is 1.53. The standard InChI is InChI=1S/C34H36F2N8O5/c1-34(2,3)49-33(48)42(6)22-10-21(35)26(36)24-25-28(43-8-7-16-13-41(5)15-23(16)43)19(12-38-30(25)40-27(22)24)17-9-18-29(45)20(32(46)47)14-44(37-4)31(18)39-11-17/h9-12,14,16,23,37H,7-8,13,15H2,1-6H3,(H,38,40)(H,46,47)/t16-,23+/m0/s1. The van der Waals surface area contributed by atoms with Crippen LogP contribution in [-0.2, 0) is 4.74 Å². The normalized spacial score (nSPS) is 18.1. The number of carboxylic acids is 1. The van der Waals surface area contributed by atoms with E-state index in [9.17, 15) is 19.5 Å². The molecule has 7 rings (SSSR count). The van der Waals surface area contributed by atoms with Gasteiger partial charge in [-0.15, -0.1) is 0 Å². The molecule has 0 aliphatic carbocycles. The van der Waals surface area contributed by atoms with Gasteiger partial charge in [-0.25, -0.2) is 33.0 Å². The summed E-state index contributed by atoms with van der Waals surface area (Å²) < 4.78 is 38.6. The number of hydrogen-bond donors (Lipinski definition) is 3. The molecule has 2 aliphatic rings. The Labute approximate surface area is 279 Å². The number of nitrogens with zero attached hydrogens (tertiary/aromatic N) is 6. The van der Waals surface area contributed by atoms with Crippen LogP contribution >= 0.6 is 0 Å². The molecule has 0 bridgehead atoms. The summed E-state index contributed by atoms with van der Waals surface area (Å²) in [6.45, 7) is 7.38. The molecule has 2 atom stereocenters. The number of likely N-dealkylation sites (tertiary alicyclic amines) is 1. The number of carbonyl (C=O) groups excluding carboxylic acids is 1. The van der Waals surface area contributed by atoms with Gasteiger partial charge in [0.25, 0.3) is 0 Å². The van der Waals surface area contributed by atoms with Gasteiger partial charge in [0.05, 0.1) is 33.1 Å². The lowest BCUT2D eigenvalue weighted by atomic mass is 9.99. The fourth-order valence-corrected chi connectivity index (χ4v) is 7.26. The van der Waals surface area contributed by atoms with Gasteiger partial charge in [-0.05, 0) is 46.2 Å². The number of pyridine rings is 3. The highest BCUT2D eigenvalue weighted by Crippen LogP contribution is 2.47. The Morgan fingerprint density at radius 2 is 1.90 bits per heavy atom. The molecule has 0 saturated carbocycles. The maximum Gasteiger partial charge on any atom is 0.414 e. The van der Waals surface area contributed by atoms with Crippen molar-refractivity contribution >= 4 is 56.4 Å². The van der Waals surface area contributed by atoms with Crippen molar-refractivity contribution in [1.29, 1.82) is 0 Å². The highest BCUT2D eigenvalue weighted by Gasteiger charge is 2.42. The molecule has 2 fully saturated rings. The molecule has 0 spiro atoms. The van der Waals surface area contributed by atoms with Crippen molar-refractivity contribution < 1.29 is 28.2 Å². The van der Waals surface area contributed by atoms with Crippen LogP contribution in [0.3, 0.4) is 0 Å². The van der Waals surface area contributed by atoms with Crippen LogP contribution in [0.5, 0.6) is 0 Å². The number of amides is 1. The van der Waals surface area contributed by atoms with Crippen molar-refractivity contribution in [3.8, 4) is 11.1 Å². The highest BCUT2D eigenvalue weighted by atomic mass is 19.2. The van der Waals surface area contributed by atoms with Crippen LogP contribution < -0.4 is 20.7 Å². The summed E-state index contributed by atoms with van der Waals surface area (Å²) in [4.78, 5) is 56.3. The molecule has 0 unspecified atom stereocenters. The van der Waals surface area contributed by atoms with Crippen molar-refractivity contribution in [3.05, 3.63) is 58.1 Å². The predicted molar refractivity (Wildman–Crippen MR) is 182 cm³/mol. The van der Waals surface area contributed by atoms with E-state index in [2.05, 4.69) is 30.2 Å². The number of carbonyl (C=O) groups is 2. The number of rotatable bonds is 5. The molecule has 6 heterocycles. The largest absolute Gasteiger partial charge is 0.477 e. The van der Waals surface area contributed by atoms with Gasteiger partial charge in [0.15, 0.2) is 17.3 Å². The van der Waals surface area contributed by atoms with Gasteiger partial charge >= 0.3 is 12.1 Å². The molecule has 4 aromatic heterocycles. The second-order valence-electron chi connectivity index (χ2n) is 13.7. The van der Waals surface area contributed by atoms with Crippen LogP contribution in [-0.4, -0.2) is 94.1 Å². The number of aromatic amines is 1. The maximum atomic E-state index is 16.2. The van der Waals surface area contributed by atoms with Crippen molar-refractivity contribution in [1.82, 2.24) is 24.5 Å². The Kier molecular flexibility index (Phi) is 7.50. The Morgan fingerprint density at radius 3 is 2.59 bits per heavy atom. The van der Waals surface area contributed by atoms with Gasteiger partial charge in [-0.2, -0.15) is 0 Å². The first-order valence-corrected chi connectivity index (χ1v) is 15.9. The molecule has 0 radical (unpaired) electrons. The summed E-state index contributed by atoms with van der Waals surface area (Å²) in [5.74, 6) is -3.32. The third-order valence-electron chi connectivity index (χ3n) is 9.41. The number of aromatic carboxylic acids is 1. The summed E-state index contributed by atoms with van der Waals surface area (Å²) >= 11 is 0. The molecule has 1 amide bonds. The summed E-state index contributed by atoms with van der Waals surface area (Å²) in [6.07, 6.45) is 4.43. The van der Waals surface area contributed by atoms with E-state index in [0.29, 0.717) is 34.7 Å². The summed E-state index contributed by atoms with van der Waals surface area (Å²) in [7, 11) is 5.04. The number of carboxylic acid groups (broad SMARTS) is 1. The van der Waals surface area contributed by atoms with Crippen LogP contribution in [0.25, 0.3) is 44.1 Å². The number of likely N-dealkylation sites (N-methyl/N-ethyl adjacent to an activating group) is 1. The molecule has 5 aromatic rings. The molecule has 2 saturated heterocycles. The Morgan fingerprint density at radius 1 is 1.14 bits per heavy atom. The second kappa shape index (κ2) is 11.4. The average molecular weight is 675 g/mol. The van der Waals surface area contributed by atoms with E-state index in [-0.39, 0.29) is 39.3 Å².